The average molecular weight is 495 g/mol. The van der Waals surface area contributed by atoms with Crippen molar-refractivity contribution >= 4 is 11.9 Å². The number of nitrogens with zero attached hydrogens (tertiary/aromatic N) is 2. The molecule has 6 heteroatoms. The van der Waals surface area contributed by atoms with Crippen molar-refractivity contribution < 1.29 is 18.7 Å². The number of halogens is 1. The number of benzene rings is 3. The molecule has 3 aliphatic rings. The molecule has 1 aliphatic carbocycles. The van der Waals surface area contributed by atoms with E-state index in [0.29, 0.717) is 18.4 Å². The molecule has 2 fully saturated rings. The number of nitriles is 1. The molecule has 0 spiro atoms. The fourth-order valence-corrected chi connectivity index (χ4v) is 6.54. The van der Waals surface area contributed by atoms with Gasteiger partial charge in [-0.15, -0.1) is 0 Å². The van der Waals surface area contributed by atoms with Gasteiger partial charge >= 0.3 is 6.09 Å². The summed E-state index contributed by atoms with van der Waals surface area (Å²) in [5.41, 5.74) is 5.42. The number of carbonyl (C=O) groups is 2. The highest BCUT2D eigenvalue weighted by Gasteiger charge is 2.46. The number of rotatable bonds is 5. The highest BCUT2D eigenvalue weighted by atomic mass is 19.1. The van der Waals surface area contributed by atoms with E-state index in [2.05, 4.69) is 24.3 Å². The molecule has 0 radical (unpaired) electrons. The van der Waals surface area contributed by atoms with Gasteiger partial charge in [-0.2, -0.15) is 5.26 Å². The zero-order valence-corrected chi connectivity index (χ0v) is 20.4. The number of fused-ring (bicyclic) bond motifs is 5. The van der Waals surface area contributed by atoms with E-state index in [0.717, 1.165) is 12.8 Å². The van der Waals surface area contributed by atoms with Crippen molar-refractivity contribution in [2.75, 3.05) is 6.61 Å². The van der Waals surface area contributed by atoms with Gasteiger partial charge in [-0.05, 0) is 66.1 Å². The summed E-state index contributed by atoms with van der Waals surface area (Å²) >= 11 is 0. The monoisotopic (exact) mass is 494 g/mol. The van der Waals surface area contributed by atoms with Crippen molar-refractivity contribution in [3.63, 3.8) is 0 Å². The summed E-state index contributed by atoms with van der Waals surface area (Å²) in [4.78, 5) is 28.4. The zero-order valence-electron chi connectivity index (χ0n) is 20.4. The number of ether oxygens (including phenoxy) is 1. The van der Waals surface area contributed by atoms with Gasteiger partial charge in [-0.3, -0.25) is 4.79 Å². The van der Waals surface area contributed by atoms with Gasteiger partial charge in [0.25, 0.3) is 0 Å². The summed E-state index contributed by atoms with van der Waals surface area (Å²) in [6.45, 7) is 0.280. The van der Waals surface area contributed by atoms with Gasteiger partial charge < -0.3 is 9.64 Å². The average Bonchev–Trinajstić information content (AvgIpc) is 3.38. The number of hydrogen-bond donors (Lipinski definition) is 0. The van der Waals surface area contributed by atoms with E-state index in [9.17, 15) is 14.0 Å². The maximum absolute atomic E-state index is 14.0. The van der Waals surface area contributed by atoms with Gasteiger partial charge in [-0.25, -0.2) is 9.18 Å². The van der Waals surface area contributed by atoms with Gasteiger partial charge in [0, 0.05) is 35.0 Å². The van der Waals surface area contributed by atoms with E-state index >= 15 is 0 Å². The fraction of sp³-hybridized carbons (Fsp3) is 0.323. The van der Waals surface area contributed by atoms with E-state index in [4.69, 9.17) is 10.00 Å². The van der Waals surface area contributed by atoms with Crippen molar-refractivity contribution in [1.82, 2.24) is 4.90 Å². The van der Waals surface area contributed by atoms with Crippen molar-refractivity contribution in [3.8, 4) is 17.2 Å². The number of Topliss-reactive ketones (excluding diaryl/α,β-unsaturated/α-hetero) is 1. The Balaban J connectivity index is 1.14. The number of carbonyl (C=O) groups excluding carboxylic acids is 2. The van der Waals surface area contributed by atoms with Crippen molar-refractivity contribution in [2.24, 2.45) is 5.92 Å². The summed E-state index contributed by atoms with van der Waals surface area (Å²) in [6, 6.07) is 22.7. The topological polar surface area (TPSA) is 70.4 Å². The first kappa shape index (κ1) is 23.4. The molecule has 37 heavy (non-hydrogen) atoms. The summed E-state index contributed by atoms with van der Waals surface area (Å²) in [6.07, 6.45) is 2.47. The third-order valence-electron chi connectivity index (χ3n) is 8.25. The Bertz CT molecular complexity index is 1370. The van der Waals surface area contributed by atoms with E-state index in [1.54, 1.807) is 0 Å². The molecule has 3 aromatic rings. The van der Waals surface area contributed by atoms with Gasteiger partial charge in [0.1, 0.15) is 12.4 Å². The Morgan fingerprint density at radius 1 is 0.946 bits per heavy atom. The fourth-order valence-electron chi connectivity index (χ4n) is 6.54. The maximum atomic E-state index is 14.0. The summed E-state index contributed by atoms with van der Waals surface area (Å²) in [5.74, 6) is -0.726. The third kappa shape index (κ3) is 4.09. The van der Waals surface area contributed by atoms with Crippen molar-refractivity contribution in [2.45, 2.75) is 50.1 Å². The molecule has 5 nitrogen and oxygen atoms in total. The van der Waals surface area contributed by atoms with Crippen LogP contribution in [-0.2, 0) is 11.2 Å². The predicted molar refractivity (Wildman–Crippen MR) is 136 cm³/mol. The Morgan fingerprint density at radius 2 is 1.57 bits per heavy atom. The van der Waals surface area contributed by atoms with E-state index in [1.165, 1.54) is 40.5 Å². The summed E-state index contributed by atoms with van der Waals surface area (Å²) in [5, 5.41) is 8.94. The van der Waals surface area contributed by atoms with E-state index < -0.39 is 5.82 Å². The second-order valence-corrected chi connectivity index (χ2v) is 10.3. The van der Waals surface area contributed by atoms with Gasteiger partial charge in [0.2, 0.25) is 0 Å². The van der Waals surface area contributed by atoms with E-state index in [-0.39, 0.29) is 54.4 Å². The van der Waals surface area contributed by atoms with Crippen LogP contribution in [0.15, 0.2) is 66.7 Å². The van der Waals surface area contributed by atoms with Gasteiger partial charge in [0.15, 0.2) is 5.78 Å². The first-order valence-corrected chi connectivity index (χ1v) is 12.9. The lowest BCUT2D eigenvalue weighted by Crippen LogP contribution is -2.48. The van der Waals surface area contributed by atoms with Crippen LogP contribution in [0.2, 0.25) is 0 Å². The quantitative estimate of drug-likeness (QED) is 0.392. The second-order valence-electron chi connectivity index (χ2n) is 10.3. The first-order chi connectivity index (χ1) is 18.0. The first-order valence-electron chi connectivity index (χ1n) is 12.9. The molecule has 6 rings (SSSR count). The Hall–Kier alpha value is -3.98. The molecule has 3 aromatic carbocycles. The van der Waals surface area contributed by atoms with Crippen LogP contribution in [-0.4, -0.2) is 35.5 Å². The molecule has 1 amide bonds. The molecular formula is C31H27FN2O3. The Labute approximate surface area is 215 Å². The van der Waals surface area contributed by atoms with Crippen molar-refractivity contribution in [1.29, 1.82) is 5.26 Å². The SMILES string of the molecule is N#CCc1cc(C(=O)C2CC3CCC(C2)N3C(=O)OCC2c3ccccc3-c3ccccc32)ccc1F. The summed E-state index contributed by atoms with van der Waals surface area (Å²) in [7, 11) is 0. The van der Waals surface area contributed by atoms with Crippen LogP contribution in [0.5, 0.6) is 0 Å². The van der Waals surface area contributed by atoms with Crippen LogP contribution in [0.25, 0.3) is 11.1 Å². The normalized spacial score (nSPS) is 21.7. The highest BCUT2D eigenvalue weighted by molar-refractivity contribution is 5.98. The molecule has 2 heterocycles. The van der Waals surface area contributed by atoms with Crippen LogP contribution in [0.4, 0.5) is 9.18 Å². The van der Waals surface area contributed by atoms with E-state index in [1.807, 2.05) is 35.2 Å². The molecule has 0 N–H and O–H groups in total. The number of amides is 1. The second kappa shape index (κ2) is 9.48. The molecule has 186 valence electrons. The lowest BCUT2D eigenvalue weighted by molar-refractivity contribution is 0.0506. The molecule has 2 aliphatic heterocycles. The number of piperidine rings is 1. The lowest BCUT2D eigenvalue weighted by Gasteiger charge is -2.37. The third-order valence-corrected chi connectivity index (χ3v) is 8.25. The molecule has 2 bridgehead atoms. The predicted octanol–water partition coefficient (Wildman–Crippen LogP) is 6.27. The largest absolute Gasteiger partial charge is 0.448 e. The van der Waals surface area contributed by atoms with Crippen LogP contribution in [0.3, 0.4) is 0 Å². The molecule has 2 atom stereocenters. The van der Waals surface area contributed by atoms with Crippen LogP contribution in [0.1, 0.15) is 58.6 Å². The smallest absolute Gasteiger partial charge is 0.410 e. The zero-order chi connectivity index (χ0) is 25.5. The van der Waals surface area contributed by atoms with Crippen LogP contribution >= 0.6 is 0 Å². The van der Waals surface area contributed by atoms with Crippen LogP contribution < -0.4 is 0 Å². The Morgan fingerprint density at radius 3 is 2.19 bits per heavy atom. The maximum Gasteiger partial charge on any atom is 0.410 e. The highest BCUT2D eigenvalue weighted by Crippen LogP contribution is 2.45. The van der Waals surface area contributed by atoms with Crippen molar-refractivity contribution in [3.05, 3.63) is 94.8 Å². The summed E-state index contributed by atoms with van der Waals surface area (Å²) < 4.78 is 19.9. The van der Waals surface area contributed by atoms with Crippen LogP contribution in [0, 0.1) is 23.1 Å². The molecule has 2 unspecified atom stereocenters. The molecule has 2 saturated heterocycles. The minimum Gasteiger partial charge on any atom is -0.448 e. The molecular weight excluding hydrogens is 467 g/mol. The van der Waals surface area contributed by atoms with Gasteiger partial charge in [0.05, 0.1) is 12.5 Å². The molecule has 0 aromatic heterocycles. The standard InChI is InChI=1S/C31H27FN2O3/c32-29-12-9-20(15-19(29)13-14-33)30(35)21-16-22-10-11-23(17-21)34(22)31(36)37-18-28-26-7-3-1-5-24(26)25-6-2-4-8-27(25)28/h1-9,12,15,21-23,28H,10-11,13,16-18H2. The number of hydrogen-bond acceptors (Lipinski definition) is 4. The lowest BCUT2D eigenvalue weighted by atomic mass is 9.84. The molecule has 0 saturated carbocycles. The minimum absolute atomic E-state index is 0.00852. The number of ketones is 1. The minimum atomic E-state index is -0.469. The Kier molecular flexibility index (Phi) is 6.00. The van der Waals surface area contributed by atoms with Gasteiger partial charge in [-0.1, -0.05) is 48.5 Å².